The summed E-state index contributed by atoms with van der Waals surface area (Å²) < 4.78 is 13.8. The molecule has 9 heteroatoms. The molecule has 3 fully saturated rings. The summed E-state index contributed by atoms with van der Waals surface area (Å²) in [6.07, 6.45) is 5.89. The van der Waals surface area contributed by atoms with Crippen LogP contribution in [0.15, 0.2) is 24.4 Å². The number of anilines is 4. The maximum atomic E-state index is 13.8. The molecule has 5 heterocycles. The van der Waals surface area contributed by atoms with Gasteiger partial charge in [0.2, 0.25) is 0 Å². The number of hydrogen-bond acceptors (Lipinski definition) is 7. The highest BCUT2D eigenvalue weighted by atomic mass is 35.5. The molecule has 0 amide bonds. The highest BCUT2D eigenvalue weighted by Crippen LogP contribution is 2.32. The van der Waals surface area contributed by atoms with Crippen molar-refractivity contribution < 1.29 is 9.50 Å². The summed E-state index contributed by atoms with van der Waals surface area (Å²) in [5, 5.41) is 9.89. The SMILES string of the molecule is OCc1cnc(N2CCN(c3cc(N4CCC(F)CC4)cc(N4CCCCC4)n3)CC2)c(Cl)c1. The van der Waals surface area contributed by atoms with Crippen molar-refractivity contribution in [2.24, 2.45) is 0 Å². The van der Waals surface area contributed by atoms with Crippen LogP contribution in [-0.4, -0.2) is 73.6 Å². The van der Waals surface area contributed by atoms with Crippen LogP contribution < -0.4 is 19.6 Å². The van der Waals surface area contributed by atoms with E-state index in [9.17, 15) is 9.50 Å². The Morgan fingerprint density at radius 3 is 2.06 bits per heavy atom. The zero-order valence-corrected chi connectivity index (χ0v) is 20.4. The summed E-state index contributed by atoms with van der Waals surface area (Å²) in [5.74, 6) is 2.81. The second kappa shape index (κ2) is 10.5. The summed E-state index contributed by atoms with van der Waals surface area (Å²) in [6.45, 7) is 6.77. The normalized spacial score (nSPS) is 20.2. The topological polar surface area (TPSA) is 59.0 Å². The summed E-state index contributed by atoms with van der Waals surface area (Å²) >= 11 is 6.44. The lowest BCUT2D eigenvalue weighted by atomic mass is 10.1. The molecule has 0 unspecified atom stereocenters. The maximum Gasteiger partial charge on any atom is 0.147 e. The molecule has 0 bridgehead atoms. The second-order valence-electron chi connectivity index (χ2n) is 9.53. The van der Waals surface area contributed by atoms with Crippen LogP contribution in [0.3, 0.4) is 0 Å². The minimum Gasteiger partial charge on any atom is -0.392 e. The molecule has 184 valence electrons. The molecule has 7 nitrogen and oxygen atoms in total. The molecule has 1 N–H and O–H groups in total. The predicted octanol–water partition coefficient (Wildman–Crippen LogP) is 3.88. The van der Waals surface area contributed by atoms with Gasteiger partial charge in [-0.1, -0.05) is 11.6 Å². The first-order chi connectivity index (χ1) is 16.6. The maximum absolute atomic E-state index is 13.8. The van der Waals surface area contributed by atoms with Gasteiger partial charge in [-0.05, 0) is 43.7 Å². The van der Waals surface area contributed by atoms with E-state index in [1.165, 1.54) is 19.3 Å². The number of hydrogen-bond donors (Lipinski definition) is 1. The van der Waals surface area contributed by atoms with Crippen molar-refractivity contribution in [1.29, 1.82) is 0 Å². The Kier molecular flexibility index (Phi) is 7.25. The monoisotopic (exact) mass is 488 g/mol. The molecule has 0 aliphatic carbocycles. The number of aliphatic hydroxyl groups is 1. The molecule has 0 aromatic carbocycles. The van der Waals surface area contributed by atoms with Gasteiger partial charge in [0.25, 0.3) is 0 Å². The number of alkyl halides is 1. The summed E-state index contributed by atoms with van der Waals surface area (Å²) in [6, 6.07) is 6.17. The fourth-order valence-corrected chi connectivity index (χ4v) is 5.47. The van der Waals surface area contributed by atoms with Crippen LogP contribution in [0.25, 0.3) is 0 Å². The average Bonchev–Trinajstić information content (AvgIpc) is 2.89. The van der Waals surface area contributed by atoms with Gasteiger partial charge in [0.15, 0.2) is 0 Å². The van der Waals surface area contributed by atoms with E-state index >= 15 is 0 Å². The van der Waals surface area contributed by atoms with E-state index in [-0.39, 0.29) is 6.61 Å². The van der Waals surface area contributed by atoms with Gasteiger partial charge in [0.05, 0.1) is 11.6 Å². The molecule has 34 heavy (non-hydrogen) atoms. The Bertz CT molecular complexity index is 972. The first-order valence-corrected chi connectivity index (χ1v) is 12.9. The summed E-state index contributed by atoms with van der Waals surface area (Å²) in [5.41, 5.74) is 1.87. The van der Waals surface area contributed by atoms with Gasteiger partial charge in [-0.3, -0.25) is 0 Å². The summed E-state index contributed by atoms with van der Waals surface area (Å²) in [7, 11) is 0. The molecule has 5 rings (SSSR count). The van der Waals surface area contributed by atoms with Gasteiger partial charge in [0.1, 0.15) is 23.6 Å². The minimum atomic E-state index is -0.681. The lowest BCUT2D eigenvalue weighted by molar-refractivity contribution is 0.277. The minimum absolute atomic E-state index is 0.0643. The third-order valence-electron chi connectivity index (χ3n) is 7.22. The first-order valence-electron chi connectivity index (χ1n) is 12.5. The van der Waals surface area contributed by atoms with Gasteiger partial charge < -0.3 is 24.7 Å². The standard InChI is InChI=1S/C25H34ClFN6O/c26-22-14-19(18-34)17-28-25(22)33-12-10-32(11-13-33)24-16-21(30-8-4-20(27)5-9-30)15-23(29-24)31-6-2-1-3-7-31/h14-17,20,34H,1-13,18H2. The Hall–Kier alpha value is -2.32. The second-order valence-corrected chi connectivity index (χ2v) is 9.94. The molecule has 0 spiro atoms. The van der Waals surface area contributed by atoms with Crippen molar-refractivity contribution in [2.75, 3.05) is 72.0 Å². The van der Waals surface area contributed by atoms with Crippen molar-refractivity contribution in [3.05, 3.63) is 35.0 Å². The molecule has 2 aromatic rings. The number of pyridine rings is 2. The lowest BCUT2D eigenvalue weighted by Crippen LogP contribution is -2.47. The number of piperazine rings is 1. The number of aliphatic hydroxyl groups excluding tert-OH is 1. The van der Waals surface area contributed by atoms with Crippen molar-refractivity contribution in [3.63, 3.8) is 0 Å². The fraction of sp³-hybridized carbons (Fsp3) is 0.600. The van der Waals surface area contributed by atoms with Crippen LogP contribution in [-0.2, 0) is 6.61 Å². The Labute approximate surface area is 206 Å². The number of nitrogens with zero attached hydrogens (tertiary/aromatic N) is 6. The van der Waals surface area contributed by atoms with Gasteiger partial charge >= 0.3 is 0 Å². The van der Waals surface area contributed by atoms with Crippen molar-refractivity contribution in [3.8, 4) is 0 Å². The van der Waals surface area contributed by atoms with E-state index in [1.54, 1.807) is 12.3 Å². The van der Waals surface area contributed by atoms with Crippen molar-refractivity contribution >= 4 is 34.7 Å². The van der Waals surface area contributed by atoms with Crippen LogP contribution >= 0.6 is 11.6 Å². The van der Waals surface area contributed by atoms with E-state index in [0.29, 0.717) is 17.9 Å². The van der Waals surface area contributed by atoms with Crippen LogP contribution in [0.5, 0.6) is 0 Å². The number of piperidine rings is 2. The third kappa shape index (κ3) is 5.18. The smallest absolute Gasteiger partial charge is 0.147 e. The summed E-state index contributed by atoms with van der Waals surface area (Å²) in [4.78, 5) is 18.8. The Morgan fingerprint density at radius 1 is 0.824 bits per heavy atom. The molecule has 3 aliphatic rings. The Balaban J connectivity index is 1.34. The predicted molar refractivity (Wildman–Crippen MR) is 136 cm³/mol. The molecular formula is C25H34ClFN6O. The first kappa shape index (κ1) is 23.4. The van der Waals surface area contributed by atoms with Crippen LogP contribution in [0.1, 0.15) is 37.7 Å². The van der Waals surface area contributed by atoms with Gasteiger partial charge in [-0.2, -0.15) is 0 Å². The van der Waals surface area contributed by atoms with E-state index < -0.39 is 6.17 Å². The third-order valence-corrected chi connectivity index (χ3v) is 7.50. The largest absolute Gasteiger partial charge is 0.392 e. The quantitative estimate of drug-likeness (QED) is 0.685. The lowest BCUT2D eigenvalue weighted by Gasteiger charge is -2.38. The van der Waals surface area contributed by atoms with Gasteiger partial charge in [-0.25, -0.2) is 14.4 Å². The zero-order valence-electron chi connectivity index (χ0n) is 19.7. The van der Waals surface area contributed by atoms with E-state index in [4.69, 9.17) is 16.6 Å². The molecule has 0 radical (unpaired) electrons. The van der Waals surface area contributed by atoms with E-state index in [0.717, 1.165) is 81.1 Å². The highest BCUT2D eigenvalue weighted by molar-refractivity contribution is 6.33. The van der Waals surface area contributed by atoms with Crippen LogP contribution in [0, 0.1) is 0 Å². The van der Waals surface area contributed by atoms with Crippen molar-refractivity contribution in [2.45, 2.75) is 44.9 Å². The average molecular weight is 489 g/mol. The molecule has 3 saturated heterocycles. The van der Waals surface area contributed by atoms with Crippen molar-refractivity contribution in [1.82, 2.24) is 9.97 Å². The van der Waals surface area contributed by atoms with E-state index in [1.807, 2.05) is 0 Å². The van der Waals surface area contributed by atoms with Gasteiger partial charge in [-0.15, -0.1) is 0 Å². The zero-order chi connectivity index (χ0) is 23.5. The number of halogens is 2. The molecular weight excluding hydrogens is 455 g/mol. The molecule has 0 atom stereocenters. The number of rotatable bonds is 5. The molecule has 2 aromatic heterocycles. The number of aromatic nitrogens is 2. The fourth-order valence-electron chi connectivity index (χ4n) is 5.16. The molecule has 3 aliphatic heterocycles. The molecule has 0 saturated carbocycles. The Morgan fingerprint density at radius 2 is 1.44 bits per heavy atom. The van der Waals surface area contributed by atoms with Crippen LogP contribution in [0.2, 0.25) is 5.02 Å². The van der Waals surface area contributed by atoms with Gasteiger partial charge in [0, 0.05) is 76.4 Å². The van der Waals surface area contributed by atoms with Crippen LogP contribution in [0.4, 0.5) is 27.5 Å². The van der Waals surface area contributed by atoms with E-state index in [2.05, 4.69) is 36.7 Å². The highest BCUT2D eigenvalue weighted by Gasteiger charge is 2.25.